The molecule has 3 saturated heterocycles. The maximum atomic E-state index is 12.2. The van der Waals surface area contributed by atoms with Crippen molar-refractivity contribution in [2.24, 2.45) is 13.0 Å². The first-order valence-electron chi connectivity index (χ1n) is 10.9. The van der Waals surface area contributed by atoms with E-state index in [1.165, 1.54) is 18.4 Å². The Morgan fingerprint density at radius 1 is 1.29 bits per heavy atom. The quantitative estimate of drug-likeness (QED) is 0.663. The third-order valence-electron chi connectivity index (χ3n) is 6.80. The fourth-order valence-electron chi connectivity index (χ4n) is 5.21. The Bertz CT molecular complexity index is 1060. The van der Waals surface area contributed by atoms with Crippen LogP contribution in [0.15, 0.2) is 53.1 Å². The first kappa shape index (κ1) is 19.9. The van der Waals surface area contributed by atoms with Crippen LogP contribution < -0.4 is 10.1 Å². The fourth-order valence-corrected chi connectivity index (χ4v) is 5.21. The predicted molar refractivity (Wildman–Crippen MR) is 117 cm³/mol. The molecule has 0 saturated carbocycles. The maximum absolute atomic E-state index is 12.2. The molecule has 7 nitrogen and oxygen atoms in total. The summed E-state index contributed by atoms with van der Waals surface area (Å²) in [4.78, 5) is 14.7. The summed E-state index contributed by atoms with van der Waals surface area (Å²) < 4.78 is 12.8. The molecule has 7 heteroatoms. The number of fused-ring (bicyclic) bond motifs is 3. The van der Waals surface area contributed by atoms with Crippen LogP contribution in [0.25, 0.3) is 11.3 Å². The van der Waals surface area contributed by atoms with Crippen LogP contribution in [0.3, 0.4) is 0 Å². The van der Waals surface area contributed by atoms with Crippen LogP contribution in [0, 0.1) is 5.92 Å². The van der Waals surface area contributed by atoms with Crippen LogP contribution in [-0.4, -0.2) is 53.4 Å². The highest BCUT2D eigenvalue weighted by Crippen LogP contribution is 2.42. The lowest BCUT2D eigenvalue weighted by Gasteiger charge is -2.49. The van der Waals surface area contributed by atoms with Crippen LogP contribution in [0.1, 0.15) is 35.0 Å². The molecule has 3 fully saturated rings. The van der Waals surface area contributed by atoms with Crippen molar-refractivity contribution in [3.8, 4) is 17.0 Å². The van der Waals surface area contributed by atoms with Gasteiger partial charge in [0.25, 0.3) is 5.91 Å². The number of para-hydroxylation sites is 1. The van der Waals surface area contributed by atoms with Gasteiger partial charge in [-0.15, -0.1) is 0 Å². The molecule has 1 aromatic carbocycles. The van der Waals surface area contributed by atoms with Gasteiger partial charge < -0.3 is 14.5 Å². The number of furan rings is 1. The van der Waals surface area contributed by atoms with Gasteiger partial charge in [-0.2, -0.15) is 5.10 Å². The molecule has 2 aromatic heterocycles. The summed E-state index contributed by atoms with van der Waals surface area (Å²) >= 11 is 0. The molecule has 1 N–H and O–H groups in total. The summed E-state index contributed by atoms with van der Waals surface area (Å²) in [7, 11) is 3.73. The van der Waals surface area contributed by atoms with E-state index in [1.54, 1.807) is 19.2 Å². The number of carbonyl (C=O) groups excluding carboxylic acids is 1. The summed E-state index contributed by atoms with van der Waals surface area (Å²) in [6, 6.07) is 14.0. The van der Waals surface area contributed by atoms with E-state index < -0.39 is 0 Å². The Hall–Kier alpha value is -3.06. The highest BCUT2D eigenvalue weighted by atomic mass is 16.5. The SMILES string of the molecule is COc1ccccc1-c1cc([C@@H]2CN3CC[C@H]2C[C@@H]3CNC(=O)c2ccco2)n(C)n1. The molecule has 162 valence electrons. The zero-order valence-corrected chi connectivity index (χ0v) is 18.0. The van der Waals surface area contributed by atoms with E-state index in [2.05, 4.69) is 22.3 Å². The number of hydrogen-bond donors (Lipinski definition) is 1. The Kier molecular flexibility index (Phi) is 5.28. The zero-order valence-electron chi connectivity index (χ0n) is 18.0. The van der Waals surface area contributed by atoms with Gasteiger partial charge in [-0.3, -0.25) is 14.4 Å². The largest absolute Gasteiger partial charge is 0.496 e. The molecule has 6 rings (SSSR count). The second-order valence-electron chi connectivity index (χ2n) is 8.51. The summed E-state index contributed by atoms with van der Waals surface area (Å²) in [6.45, 7) is 2.73. The molecule has 31 heavy (non-hydrogen) atoms. The number of amides is 1. The number of nitrogens with one attached hydrogen (secondary N) is 1. The van der Waals surface area contributed by atoms with Gasteiger partial charge in [-0.1, -0.05) is 12.1 Å². The number of piperidine rings is 3. The Balaban J connectivity index is 1.29. The summed E-state index contributed by atoms with van der Waals surface area (Å²) in [5.41, 5.74) is 3.24. The van der Waals surface area contributed by atoms with Gasteiger partial charge in [-0.05, 0) is 55.6 Å². The highest BCUT2D eigenvalue weighted by molar-refractivity contribution is 5.91. The molecule has 0 radical (unpaired) electrons. The van der Waals surface area contributed by atoms with Gasteiger partial charge in [0.15, 0.2) is 5.76 Å². The first-order chi connectivity index (χ1) is 15.1. The molecular weight excluding hydrogens is 392 g/mol. The third kappa shape index (κ3) is 3.74. The second-order valence-corrected chi connectivity index (χ2v) is 8.51. The molecule has 5 heterocycles. The lowest BCUT2D eigenvalue weighted by molar-refractivity contribution is 0.0278. The molecule has 3 aliphatic rings. The van der Waals surface area contributed by atoms with Crippen LogP contribution >= 0.6 is 0 Å². The standard InChI is InChI=1S/C24H28N4O3/c1-27-21(13-20(26-27)18-6-3-4-7-22(18)30-2)19-15-28-10-9-16(19)12-17(28)14-25-24(29)23-8-5-11-31-23/h3-8,11,13,16-17,19H,9-10,12,14-15H2,1-2H3,(H,25,29)/t16-,17+,19+/m0/s1. The van der Waals surface area contributed by atoms with Crippen LogP contribution in [0.5, 0.6) is 5.75 Å². The summed E-state index contributed by atoms with van der Waals surface area (Å²) in [5.74, 6) is 2.11. The fraction of sp³-hybridized carbons (Fsp3) is 0.417. The van der Waals surface area contributed by atoms with E-state index in [0.717, 1.165) is 36.5 Å². The van der Waals surface area contributed by atoms with Crippen molar-refractivity contribution < 1.29 is 13.9 Å². The number of methoxy groups -OCH3 is 1. The van der Waals surface area contributed by atoms with Gasteiger partial charge in [0.2, 0.25) is 0 Å². The number of hydrogen-bond acceptors (Lipinski definition) is 5. The van der Waals surface area contributed by atoms with Crippen molar-refractivity contribution in [1.29, 1.82) is 0 Å². The van der Waals surface area contributed by atoms with Crippen molar-refractivity contribution in [2.75, 3.05) is 26.7 Å². The number of rotatable bonds is 6. The lowest BCUT2D eigenvalue weighted by atomic mass is 9.74. The van der Waals surface area contributed by atoms with E-state index in [0.29, 0.717) is 30.2 Å². The van der Waals surface area contributed by atoms with E-state index in [1.807, 2.05) is 29.9 Å². The Labute approximate surface area is 182 Å². The summed E-state index contributed by atoms with van der Waals surface area (Å²) in [6.07, 6.45) is 3.79. The summed E-state index contributed by atoms with van der Waals surface area (Å²) in [5, 5.41) is 7.84. The molecule has 1 amide bonds. The number of aromatic nitrogens is 2. The van der Waals surface area contributed by atoms with Gasteiger partial charge in [0.1, 0.15) is 5.75 Å². The average molecular weight is 421 g/mol. The molecule has 3 aliphatic heterocycles. The Morgan fingerprint density at radius 2 is 2.16 bits per heavy atom. The molecule has 0 spiro atoms. The van der Waals surface area contributed by atoms with Crippen molar-refractivity contribution in [2.45, 2.75) is 24.8 Å². The van der Waals surface area contributed by atoms with Gasteiger partial charge in [0.05, 0.1) is 19.1 Å². The third-order valence-corrected chi connectivity index (χ3v) is 6.80. The molecule has 4 atom stereocenters. The van der Waals surface area contributed by atoms with Gasteiger partial charge >= 0.3 is 0 Å². The van der Waals surface area contributed by atoms with Crippen LogP contribution in [0.2, 0.25) is 0 Å². The van der Waals surface area contributed by atoms with Crippen molar-refractivity contribution in [1.82, 2.24) is 20.0 Å². The van der Waals surface area contributed by atoms with E-state index in [4.69, 9.17) is 14.3 Å². The molecule has 0 aliphatic carbocycles. The van der Waals surface area contributed by atoms with Crippen molar-refractivity contribution >= 4 is 5.91 Å². The minimum absolute atomic E-state index is 0.141. The monoisotopic (exact) mass is 420 g/mol. The molecule has 2 bridgehead atoms. The lowest BCUT2D eigenvalue weighted by Crippen LogP contribution is -2.56. The average Bonchev–Trinajstić information content (AvgIpc) is 3.48. The first-order valence-corrected chi connectivity index (χ1v) is 10.9. The minimum Gasteiger partial charge on any atom is -0.496 e. The van der Waals surface area contributed by atoms with Crippen LogP contribution in [-0.2, 0) is 7.05 Å². The van der Waals surface area contributed by atoms with Crippen molar-refractivity contribution in [3.63, 3.8) is 0 Å². The smallest absolute Gasteiger partial charge is 0.287 e. The molecule has 1 unspecified atom stereocenters. The second kappa shape index (κ2) is 8.23. The van der Waals surface area contributed by atoms with E-state index >= 15 is 0 Å². The maximum Gasteiger partial charge on any atom is 0.287 e. The minimum atomic E-state index is -0.141. The van der Waals surface area contributed by atoms with E-state index in [-0.39, 0.29) is 5.91 Å². The zero-order chi connectivity index (χ0) is 21.4. The number of ether oxygens (including phenoxy) is 1. The number of aryl methyl sites for hydroxylation is 1. The number of carbonyl (C=O) groups is 1. The molecule has 3 aromatic rings. The number of benzene rings is 1. The normalized spacial score (nSPS) is 24.8. The van der Waals surface area contributed by atoms with Gasteiger partial charge in [0, 0.05) is 43.4 Å². The highest BCUT2D eigenvalue weighted by Gasteiger charge is 2.42. The van der Waals surface area contributed by atoms with E-state index in [9.17, 15) is 4.79 Å². The van der Waals surface area contributed by atoms with Crippen LogP contribution in [0.4, 0.5) is 0 Å². The predicted octanol–water partition coefficient (Wildman–Crippen LogP) is 3.30. The Morgan fingerprint density at radius 3 is 2.90 bits per heavy atom. The van der Waals surface area contributed by atoms with Gasteiger partial charge in [-0.25, -0.2) is 0 Å². The van der Waals surface area contributed by atoms with Crippen molar-refractivity contribution in [3.05, 3.63) is 60.2 Å². The topological polar surface area (TPSA) is 72.5 Å². The number of nitrogens with zero attached hydrogens (tertiary/aromatic N) is 3. The molecular formula is C24H28N4O3.